The Morgan fingerprint density at radius 3 is 2.33 bits per heavy atom. The number of halogens is 3. The van der Waals surface area contributed by atoms with Gasteiger partial charge in [-0.25, -0.2) is 0 Å². The Morgan fingerprint density at radius 2 is 1.63 bits per heavy atom. The summed E-state index contributed by atoms with van der Waals surface area (Å²) in [6, 6.07) is 15.4. The molecule has 0 saturated heterocycles. The number of hydrogen-bond donors (Lipinski definition) is 0. The number of carbonyl (C=O) groups is 2. The highest BCUT2D eigenvalue weighted by atomic mass is 19.4. The summed E-state index contributed by atoms with van der Waals surface area (Å²) in [6.45, 7) is -1.49. The Morgan fingerprint density at radius 1 is 0.963 bits per heavy atom. The number of rotatable bonds is 2. The number of carbonyl (C=O) groups excluding carboxylic acids is 2. The Hall–Kier alpha value is -3.09. The Kier molecular flexibility index (Phi) is 3.83. The van der Waals surface area contributed by atoms with E-state index in [4.69, 9.17) is 0 Å². The number of fused-ring (bicyclic) bond motifs is 2. The third-order valence-corrected chi connectivity index (χ3v) is 4.90. The lowest BCUT2D eigenvalue weighted by Gasteiger charge is -2.41. The Bertz CT molecular complexity index is 940. The molecule has 2 aliphatic rings. The van der Waals surface area contributed by atoms with Crippen LogP contribution in [0.1, 0.15) is 12.0 Å². The molecule has 138 valence electrons. The summed E-state index contributed by atoms with van der Waals surface area (Å²) in [5.41, 5.74) is -0.265. The van der Waals surface area contributed by atoms with Crippen LogP contribution < -0.4 is 4.90 Å². The van der Waals surface area contributed by atoms with E-state index in [2.05, 4.69) is 0 Å². The fourth-order valence-corrected chi connectivity index (χ4v) is 3.83. The number of nitrogens with zero attached hydrogens (tertiary/aromatic N) is 2. The summed E-state index contributed by atoms with van der Waals surface area (Å²) >= 11 is 0. The smallest absolute Gasteiger partial charge is 0.311 e. The van der Waals surface area contributed by atoms with Crippen LogP contribution in [0.25, 0.3) is 0 Å². The zero-order chi connectivity index (χ0) is 19.2. The highest BCUT2D eigenvalue weighted by Crippen LogP contribution is 2.51. The van der Waals surface area contributed by atoms with Crippen molar-refractivity contribution < 1.29 is 22.8 Å². The summed E-state index contributed by atoms with van der Waals surface area (Å²) in [7, 11) is 0. The molecule has 0 fully saturated rings. The summed E-state index contributed by atoms with van der Waals surface area (Å²) in [5, 5.41) is 0. The molecular formula is C20H15F3N2O2. The molecule has 7 heteroatoms. The number of benzene rings is 2. The lowest BCUT2D eigenvalue weighted by Crippen LogP contribution is -2.58. The van der Waals surface area contributed by atoms with Crippen molar-refractivity contribution >= 4 is 23.2 Å². The van der Waals surface area contributed by atoms with Crippen molar-refractivity contribution in [1.82, 2.24) is 4.90 Å². The lowest BCUT2D eigenvalue weighted by molar-refractivity contribution is -0.174. The molecule has 0 aliphatic carbocycles. The summed E-state index contributed by atoms with van der Waals surface area (Å²) in [4.78, 5) is 28.0. The van der Waals surface area contributed by atoms with Crippen LogP contribution in [0.5, 0.6) is 0 Å². The minimum absolute atomic E-state index is 0.00595. The molecule has 0 bridgehead atoms. The largest absolute Gasteiger partial charge is 0.406 e. The van der Waals surface area contributed by atoms with Crippen LogP contribution >= 0.6 is 0 Å². The average molecular weight is 372 g/mol. The van der Waals surface area contributed by atoms with Gasteiger partial charge in [-0.3, -0.25) is 14.5 Å². The number of anilines is 2. The molecule has 2 heterocycles. The zero-order valence-electron chi connectivity index (χ0n) is 14.1. The lowest BCUT2D eigenvalue weighted by atomic mass is 9.83. The van der Waals surface area contributed by atoms with Crippen molar-refractivity contribution in [3.63, 3.8) is 0 Å². The van der Waals surface area contributed by atoms with E-state index < -0.39 is 30.1 Å². The first-order chi connectivity index (χ1) is 12.8. The first kappa shape index (κ1) is 17.3. The molecule has 1 spiro atoms. The van der Waals surface area contributed by atoms with Crippen molar-refractivity contribution in [2.45, 2.75) is 18.1 Å². The van der Waals surface area contributed by atoms with Crippen molar-refractivity contribution in [1.29, 1.82) is 0 Å². The number of alkyl halides is 3. The SMILES string of the molecule is O=C1C=CCC2(C(=O)N(c3ccccc3)c3ccccc32)N1CC(F)(F)F. The van der Waals surface area contributed by atoms with Gasteiger partial charge in [0, 0.05) is 17.7 Å². The molecule has 2 aromatic carbocycles. The summed E-state index contributed by atoms with van der Waals surface area (Å²) in [5.74, 6) is -1.38. The summed E-state index contributed by atoms with van der Waals surface area (Å²) < 4.78 is 39.7. The minimum Gasteiger partial charge on any atom is -0.311 e. The van der Waals surface area contributed by atoms with Gasteiger partial charge in [0.15, 0.2) is 5.54 Å². The normalized spacial score (nSPS) is 21.9. The molecule has 2 amide bonds. The van der Waals surface area contributed by atoms with Crippen LogP contribution in [0.3, 0.4) is 0 Å². The standard InChI is InChI=1S/C20H15F3N2O2/c21-20(22,23)13-24-17(26)11-6-12-19(24)15-9-4-5-10-16(15)25(18(19)27)14-7-2-1-3-8-14/h1-11H,12-13H2. The molecular weight excluding hydrogens is 357 g/mol. The molecule has 4 rings (SSSR count). The van der Waals surface area contributed by atoms with Gasteiger partial charge in [0.2, 0.25) is 5.91 Å². The van der Waals surface area contributed by atoms with Crippen molar-refractivity contribution in [3.05, 3.63) is 72.3 Å². The fourth-order valence-electron chi connectivity index (χ4n) is 3.83. The van der Waals surface area contributed by atoms with Gasteiger partial charge >= 0.3 is 6.18 Å². The van der Waals surface area contributed by atoms with E-state index in [9.17, 15) is 22.8 Å². The molecule has 0 saturated carbocycles. The molecule has 2 aromatic rings. The van der Waals surface area contributed by atoms with E-state index in [0.29, 0.717) is 21.8 Å². The molecule has 27 heavy (non-hydrogen) atoms. The van der Waals surface area contributed by atoms with E-state index in [1.54, 1.807) is 54.6 Å². The van der Waals surface area contributed by atoms with Gasteiger partial charge in [-0.1, -0.05) is 42.5 Å². The van der Waals surface area contributed by atoms with E-state index in [0.717, 1.165) is 6.08 Å². The fraction of sp³-hybridized carbons (Fsp3) is 0.200. The maximum Gasteiger partial charge on any atom is 0.406 e. The maximum absolute atomic E-state index is 13.5. The van der Waals surface area contributed by atoms with Gasteiger partial charge in [-0.15, -0.1) is 0 Å². The molecule has 0 radical (unpaired) electrons. The number of hydrogen-bond acceptors (Lipinski definition) is 2. The molecule has 1 atom stereocenters. The predicted molar refractivity (Wildman–Crippen MR) is 93.2 cm³/mol. The second kappa shape index (κ2) is 5.97. The highest BCUT2D eigenvalue weighted by Gasteiger charge is 2.58. The van der Waals surface area contributed by atoms with Gasteiger partial charge in [0.25, 0.3) is 5.91 Å². The topological polar surface area (TPSA) is 40.6 Å². The first-order valence-corrected chi connectivity index (χ1v) is 8.38. The average Bonchev–Trinajstić information content (AvgIpc) is 2.88. The second-order valence-electron chi connectivity index (χ2n) is 6.50. The van der Waals surface area contributed by atoms with Crippen molar-refractivity contribution in [2.24, 2.45) is 0 Å². The van der Waals surface area contributed by atoms with Crippen molar-refractivity contribution in [2.75, 3.05) is 11.4 Å². The highest BCUT2D eigenvalue weighted by molar-refractivity contribution is 6.15. The van der Waals surface area contributed by atoms with E-state index in [-0.39, 0.29) is 6.42 Å². The number of amides is 2. The Balaban J connectivity index is 1.93. The van der Waals surface area contributed by atoms with Crippen LogP contribution in [0, 0.1) is 0 Å². The predicted octanol–water partition coefficient (Wildman–Crippen LogP) is 3.91. The molecule has 1 unspecified atom stereocenters. The zero-order valence-corrected chi connectivity index (χ0v) is 14.1. The monoisotopic (exact) mass is 372 g/mol. The van der Waals surface area contributed by atoms with Crippen LogP contribution in [-0.4, -0.2) is 29.4 Å². The first-order valence-electron chi connectivity index (χ1n) is 8.38. The van der Waals surface area contributed by atoms with E-state index in [1.807, 2.05) is 0 Å². The number of para-hydroxylation sites is 2. The van der Waals surface area contributed by atoms with Crippen LogP contribution in [0.4, 0.5) is 24.5 Å². The maximum atomic E-state index is 13.5. The van der Waals surface area contributed by atoms with Gasteiger partial charge < -0.3 is 4.90 Å². The quantitative estimate of drug-likeness (QED) is 0.802. The van der Waals surface area contributed by atoms with E-state index >= 15 is 0 Å². The van der Waals surface area contributed by atoms with Gasteiger partial charge in [0.05, 0.1) is 5.69 Å². The van der Waals surface area contributed by atoms with Crippen LogP contribution in [0.2, 0.25) is 0 Å². The molecule has 0 N–H and O–H groups in total. The third kappa shape index (κ3) is 2.61. The molecule has 2 aliphatic heterocycles. The minimum atomic E-state index is -4.62. The Labute approximate surface area is 153 Å². The molecule has 4 nitrogen and oxygen atoms in total. The second-order valence-corrected chi connectivity index (χ2v) is 6.50. The van der Waals surface area contributed by atoms with E-state index in [1.165, 1.54) is 11.0 Å². The van der Waals surface area contributed by atoms with Crippen LogP contribution in [-0.2, 0) is 15.1 Å². The third-order valence-electron chi connectivity index (χ3n) is 4.90. The van der Waals surface area contributed by atoms with Crippen molar-refractivity contribution in [3.8, 4) is 0 Å². The summed E-state index contributed by atoms with van der Waals surface area (Å²) in [6.07, 6.45) is -2.06. The van der Waals surface area contributed by atoms with Gasteiger partial charge in [0.1, 0.15) is 6.54 Å². The van der Waals surface area contributed by atoms with Gasteiger partial charge in [-0.05, 0) is 24.3 Å². The van der Waals surface area contributed by atoms with Gasteiger partial charge in [-0.2, -0.15) is 13.2 Å². The molecule has 0 aromatic heterocycles. The van der Waals surface area contributed by atoms with Crippen LogP contribution in [0.15, 0.2) is 66.7 Å².